The van der Waals surface area contributed by atoms with Gasteiger partial charge >= 0.3 is 0 Å². The van der Waals surface area contributed by atoms with E-state index in [9.17, 15) is 14.0 Å². The number of aromatic nitrogens is 3. The van der Waals surface area contributed by atoms with Gasteiger partial charge in [-0.25, -0.2) is 14.4 Å². The molecular formula is C24H27ClFN5O3. The third-order valence-electron chi connectivity index (χ3n) is 5.97. The van der Waals surface area contributed by atoms with E-state index in [1.807, 2.05) is 7.05 Å². The number of oxazole rings is 1. The molecule has 3 heterocycles. The Morgan fingerprint density at radius 3 is 2.71 bits per heavy atom. The number of likely N-dealkylation sites (tertiary alicyclic amines) is 1. The van der Waals surface area contributed by atoms with Crippen molar-refractivity contribution >= 4 is 23.3 Å². The van der Waals surface area contributed by atoms with Crippen molar-refractivity contribution in [1.82, 2.24) is 25.2 Å². The zero-order valence-corrected chi connectivity index (χ0v) is 19.6. The van der Waals surface area contributed by atoms with Crippen molar-refractivity contribution in [3.8, 4) is 11.4 Å². The molecule has 4 rings (SSSR count). The Balaban J connectivity index is 1.40. The molecule has 1 aromatic carbocycles. The van der Waals surface area contributed by atoms with Gasteiger partial charge in [-0.05, 0) is 44.2 Å². The first-order valence-electron chi connectivity index (χ1n) is 11.3. The molecule has 180 valence electrons. The summed E-state index contributed by atoms with van der Waals surface area (Å²) in [5.74, 6) is 0.121. The average molecular weight is 488 g/mol. The number of Topliss-reactive ketones (excluding diaryl/α,β-unsaturated/α-hetero) is 1. The number of ketones is 1. The molecule has 3 aromatic rings. The van der Waals surface area contributed by atoms with Crippen molar-refractivity contribution in [2.45, 2.75) is 38.1 Å². The van der Waals surface area contributed by atoms with Crippen molar-refractivity contribution in [3.05, 3.63) is 59.3 Å². The first kappa shape index (κ1) is 24.1. The maximum Gasteiger partial charge on any atom is 0.263 e. The first-order chi connectivity index (χ1) is 16.4. The number of nitrogens with zero attached hydrogens (tertiary/aromatic N) is 3. The van der Waals surface area contributed by atoms with Crippen LogP contribution in [0, 0.1) is 11.7 Å². The summed E-state index contributed by atoms with van der Waals surface area (Å²) < 4.78 is 18.3. The predicted molar refractivity (Wildman–Crippen MR) is 125 cm³/mol. The second kappa shape index (κ2) is 10.9. The number of carbonyl (C=O) groups excluding carboxylic acids is 2. The van der Waals surface area contributed by atoms with Crippen molar-refractivity contribution in [1.29, 1.82) is 0 Å². The van der Waals surface area contributed by atoms with Gasteiger partial charge in [0.25, 0.3) is 5.89 Å². The van der Waals surface area contributed by atoms with E-state index >= 15 is 0 Å². The lowest BCUT2D eigenvalue weighted by Crippen LogP contribution is -2.52. The number of H-pyrrole nitrogens is 1. The zero-order chi connectivity index (χ0) is 24.1. The Labute approximate surface area is 201 Å². The monoisotopic (exact) mass is 487 g/mol. The van der Waals surface area contributed by atoms with Gasteiger partial charge in [-0.2, -0.15) is 0 Å². The molecule has 0 unspecified atom stereocenters. The lowest BCUT2D eigenvalue weighted by atomic mass is 9.98. The van der Waals surface area contributed by atoms with Crippen LogP contribution in [-0.2, 0) is 4.79 Å². The van der Waals surface area contributed by atoms with Gasteiger partial charge in [0.05, 0.1) is 23.9 Å². The quantitative estimate of drug-likeness (QED) is 0.306. The van der Waals surface area contributed by atoms with Crippen LogP contribution in [0.25, 0.3) is 11.4 Å². The van der Waals surface area contributed by atoms with E-state index in [0.717, 1.165) is 25.9 Å². The van der Waals surface area contributed by atoms with Gasteiger partial charge in [-0.3, -0.25) is 9.59 Å². The van der Waals surface area contributed by atoms with Crippen LogP contribution < -0.4 is 5.32 Å². The third-order valence-corrected chi connectivity index (χ3v) is 6.26. The fraction of sp³-hybridized carbons (Fsp3) is 0.417. The van der Waals surface area contributed by atoms with Crippen LogP contribution in [0.2, 0.25) is 5.15 Å². The highest BCUT2D eigenvalue weighted by Crippen LogP contribution is 2.29. The van der Waals surface area contributed by atoms with Crippen LogP contribution in [0.1, 0.15) is 54.5 Å². The number of unbranched alkanes of at least 4 members (excludes halogenated alkanes) is 2. The molecule has 2 aromatic heterocycles. The van der Waals surface area contributed by atoms with Crippen molar-refractivity contribution < 1.29 is 18.4 Å². The summed E-state index contributed by atoms with van der Waals surface area (Å²) in [5, 5.41) is 3.39. The smallest absolute Gasteiger partial charge is 0.263 e. The molecule has 0 saturated carbocycles. The van der Waals surface area contributed by atoms with Gasteiger partial charge in [0, 0.05) is 25.1 Å². The topological polar surface area (TPSA) is 104 Å². The lowest BCUT2D eigenvalue weighted by molar-refractivity contribution is -0.130. The summed E-state index contributed by atoms with van der Waals surface area (Å²) in [4.78, 5) is 38.4. The minimum Gasteiger partial charge on any atom is -0.442 e. The van der Waals surface area contributed by atoms with Crippen LogP contribution in [0.5, 0.6) is 0 Å². The van der Waals surface area contributed by atoms with Crippen LogP contribution in [-0.4, -0.2) is 51.7 Å². The highest BCUT2D eigenvalue weighted by atomic mass is 35.5. The summed E-state index contributed by atoms with van der Waals surface area (Å²) in [5.41, 5.74) is 1.32. The van der Waals surface area contributed by atoms with E-state index in [-0.39, 0.29) is 40.5 Å². The summed E-state index contributed by atoms with van der Waals surface area (Å²) in [6.07, 6.45) is 6.07. The Morgan fingerprint density at radius 2 is 2.03 bits per heavy atom. The molecule has 0 aliphatic carbocycles. The fourth-order valence-corrected chi connectivity index (χ4v) is 4.33. The van der Waals surface area contributed by atoms with Crippen LogP contribution in [0.3, 0.4) is 0 Å². The number of rotatable bonds is 11. The molecule has 1 amide bonds. The number of aromatic amines is 1. The molecule has 1 fully saturated rings. The normalized spacial score (nSPS) is 15.1. The third kappa shape index (κ3) is 5.90. The number of imidazole rings is 1. The highest BCUT2D eigenvalue weighted by Gasteiger charge is 2.32. The second-order valence-electron chi connectivity index (χ2n) is 8.64. The number of nitrogens with one attached hydrogen (secondary N) is 2. The molecule has 1 atom stereocenters. The highest BCUT2D eigenvalue weighted by molar-refractivity contribution is 6.30. The Bertz CT molecular complexity index is 1110. The van der Waals surface area contributed by atoms with E-state index in [4.69, 9.17) is 16.0 Å². The van der Waals surface area contributed by atoms with E-state index in [1.165, 1.54) is 24.6 Å². The maximum absolute atomic E-state index is 13.3. The summed E-state index contributed by atoms with van der Waals surface area (Å²) >= 11 is 6.46. The average Bonchev–Trinajstić information content (AvgIpc) is 3.46. The van der Waals surface area contributed by atoms with E-state index in [2.05, 4.69) is 25.2 Å². The van der Waals surface area contributed by atoms with Gasteiger partial charge in [0.15, 0.2) is 5.15 Å². The standard InChI is InChI=1S/C24H27ClFN5O3/c1-31-13-16(14-31)23(33)28-18(5-3-2-4-6-19(32)24-27-11-12-34-24)20-21(25)30-22(29-20)15-7-9-17(26)10-8-15/h7-12,16,18H,2-6,13-14H2,1H3,(H,28,33)(H,29,30)/t18-/m0/s1. The Kier molecular flexibility index (Phi) is 7.74. The summed E-state index contributed by atoms with van der Waals surface area (Å²) in [6.45, 7) is 1.44. The molecule has 1 aliphatic rings. The van der Waals surface area contributed by atoms with Crippen LogP contribution >= 0.6 is 11.6 Å². The minimum atomic E-state index is -0.352. The number of benzene rings is 1. The van der Waals surface area contributed by atoms with E-state index in [0.29, 0.717) is 36.3 Å². The summed E-state index contributed by atoms with van der Waals surface area (Å²) in [6, 6.07) is 5.61. The molecule has 10 heteroatoms. The largest absolute Gasteiger partial charge is 0.442 e. The van der Waals surface area contributed by atoms with Gasteiger partial charge < -0.3 is 19.6 Å². The lowest BCUT2D eigenvalue weighted by Gasteiger charge is -2.35. The first-order valence-corrected chi connectivity index (χ1v) is 11.7. The van der Waals surface area contributed by atoms with Gasteiger partial charge in [-0.15, -0.1) is 0 Å². The number of halogens is 2. The van der Waals surface area contributed by atoms with Crippen molar-refractivity contribution in [3.63, 3.8) is 0 Å². The molecule has 34 heavy (non-hydrogen) atoms. The number of hydrogen-bond acceptors (Lipinski definition) is 6. The van der Waals surface area contributed by atoms with Gasteiger partial charge in [0.2, 0.25) is 11.7 Å². The molecular weight excluding hydrogens is 461 g/mol. The van der Waals surface area contributed by atoms with Crippen molar-refractivity contribution in [2.24, 2.45) is 5.92 Å². The zero-order valence-electron chi connectivity index (χ0n) is 18.9. The van der Waals surface area contributed by atoms with Gasteiger partial charge in [-0.1, -0.05) is 24.4 Å². The minimum absolute atomic E-state index is 0.0174. The molecule has 8 nitrogen and oxygen atoms in total. The molecule has 1 saturated heterocycles. The van der Waals surface area contributed by atoms with Crippen LogP contribution in [0.4, 0.5) is 4.39 Å². The summed E-state index contributed by atoms with van der Waals surface area (Å²) in [7, 11) is 1.97. The number of hydrogen-bond donors (Lipinski definition) is 2. The molecule has 2 N–H and O–H groups in total. The molecule has 0 spiro atoms. The maximum atomic E-state index is 13.3. The molecule has 0 radical (unpaired) electrons. The SMILES string of the molecule is CN1CC(C(=O)N[C@@H](CCCCCC(=O)c2ncco2)c2[nH]c(-c3ccc(F)cc3)nc2Cl)C1. The van der Waals surface area contributed by atoms with Crippen LogP contribution in [0.15, 0.2) is 41.1 Å². The van der Waals surface area contributed by atoms with E-state index in [1.54, 1.807) is 12.1 Å². The Morgan fingerprint density at radius 1 is 1.26 bits per heavy atom. The van der Waals surface area contributed by atoms with Gasteiger partial charge in [0.1, 0.15) is 17.9 Å². The number of amides is 1. The molecule has 1 aliphatic heterocycles. The molecule has 0 bridgehead atoms. The van der Waals surface area contributed by atoms with Crippen molar-refractivity contribution in [2.75, 3.05) is 20.1 Å². The fourth-order valence-electron chi connectivity index (χ4n) is 4.06. The Hall–Kier alpha value is -3.04. The van der Waals surface area contributed by atoms with E-state index < -0.39 is 0 Å². The number of carbonyl (C=O) groups is 2. The second-order valence-corrected chi connectivity index (χ2v) is 8.99. The predicted octanol–water partition coefficient (Wildman–Crippen LogP) is 4.41.